The molecule has 0 aliphatic carbocycles. The van der Waals surface area contributed by atoms with E-state index in [9.17, 15) is 9.90 Å². The second kappa shape index (κ2) is 8.49. The van der Waals surface area contributed by atoms with Gasteiger partial charge in [-0.05, 0) is 30.5 Å². The zero-order valence-corrected chi connectivity index (χ0v) is 15.9. The third-order valence-corrected chi connectivity index (χ3v) is 4.96. The summed E-state index contributed by atoms with van der Waals surface area (Å²) in [6, 6.07) is 7.66. The minimum atomic E-state index is -1.36. The van der Waals surface area contributed by atoms with Gasteiger partial charge >= 0.3 is 0 Å². The molecule has 0 spiro atoms. The highest BCUT2D eigenvalue weighted by molar-refractivity contribution is 5.86. The fourth-order valence-electron chi connectivity index (χ4n) is 3.41. The second-order valence-corrected chi connectivity index (χ2v) is 6.94. The van der Waals surface area contributed by atoms with Crippen LogP contribution in [-0.4, -0.2) is 63.0 Å². The first-order valence-electron chi connectivity index (χ1n) is 9.20. The van der Waals surface area contributed by atoms with Crippen LogP contribution in [0.3, 0.4) is 0 Å². The third-order valence-electron chi connectivity index (χ3n) is 4.96. The monoisotopic (exact) mass is 373 g/mol. The first-order valence-corrected chi connectivity index (χ1v) is 9.20. The predicted octanol–water partition coefficient (Wildman–Crippen LogP) is 0.510. The van der Waals surface area contributed by atoms with E-state index in [0.29, 0.717) is 32.5 Å². The van der Waals surface area contributed by atoms with Crippen molar-refractivity contribution >= 4 is 5.91 Å². The lowest BCUT2D eigenvalue weighted by molar-refractivity contribution is -0.157. The molecule has 1 saturated heterocycles. The summed E-state index contributed by atoms with van der Waals surface area (Å²) >= 11 is 0. The molecule has 1 aromatic carbocycles. The number of amides is 1. The fraction of sp³-hybridized carbons (Fsp3) is 0.526. The lowest BCUT2D eigenvalue weighted by Crippen LogP contribution is -2.57. The van der Waals surface area contributed by atoms with E-state index in [4.69, 9.17) is 4.74 Å². The van der Waals surface area contributed by atoms with Crippen LogP contribution in [0.1, 0.15) is 24.2 Å². The van der Waals surface area contributed by atoms with Crippen molar-refractivity contribution in [2.75, 3.05) is 26.7 Å². The van der Waals surface area contributed by atoms with Gasteiger partial charge in [-0.15, -0.1) is 0 Å². The van der Waals surface area contributed by atoms with Crippen LogP contribution >= 0.6 is 0 Å². The van der Waals surface area contributed by atoms with E-state index in [-0.39, 0.29) is 12.5 Å². The number of methoxy groups -OCH3 is 1. The van der Waals surface area contributed by atoms with Crippen LogP contribution in [0.15, 0.2) is 30.6 Å². The molecule has 8 heteroatoms. The van der Waals surface area contributed by atoms with Gasteiger partial charge in [0.2, 0.25) is 0 Å². The Hall–Kier alpha value is -2.45. The van der Waals surface area contributed by atoms with E-state index in [1.807, 2.05) is 31.3 Å². The van der Waals surface area contributed by atoms with Gasteiger partial charge in [-0.25, -0.2) is 4.98 Å². The highest BCUT2D eigenvalue weighted by Crippen LogP contribution is 2.24. The number of nitrogens with one attached hydrogen (secondary N) is 1. The van der Waals surface area contributed by atoms with Gasteiger partial charge < -0.3 is 20.1 Å². The summed E-state index contributed by atoms with van der Waals surface area (Å²) in [6.45, 7) is 1.98. The zero-order valence-electron chi connectivity index (χ0n) is 15.9. The maximum Gasteiger partial charge on any atom is 0.256 e. The molecular formula is C19H27N5O3. The summed E-state index contributed by atoms with van der Waals surface area (Å²) in [7, 11) is 3.47. The number of carbonyl (C=O) groups is 1. The van der Waals surface area contributed by atoms with Gasteiger partial charge in [0.05, 0.1) is 7.11 Å². The molecule has 1 fully saturated rings. The maximum atomic E-state index is 12.9. The number of hydrogen-bond donors (Lipinski definition) is 2. The third kappa shape index (κ3) is 4.64. The lowest BCUT2D eigenvalue weighted by Gasteiger charge is -2.38. The summed E-state index contributed by atoms with van der Waals surface area (Å²) in [4.78, 5) is 18.8. The Labute approximate surface area is 159 Å². The first-order chi connectivity index (χ1) is 13.0. The minimum absolute atomic E-state index is 0.220. The van der Waals surface area contributed by atoms with E-state index in [0.717, 1.165) is 23.6 Å². The number of aryl methyl sites for hydroxylation is 1. The van der Waals surface area contributed by atoms with E-state index in [2.05, 4.69) is 15.4 Å². The fourth-order valence-corrected chi connectivity index (χ4v) is 3.41. The predicted molar refractivity (Wildman–Crippen MR) is 100 cm³/mol. The van der Waals surface area contributed by atoms with Crippen molar-refractivity contribution in [1.82, 2.24) is 25.0 Å². The number of aromatic nitrogens is 3. The van der Waals surface area contributed by atoms with Gasteiger partial charge in [-0.2, -0.15) is 5.10 Å². The number of rotatable bonds is 8. The Morgan fingerprint density at radius 1 is 1.41 bits per heavy atom. The number of hydrogen-bond acceptors (Lipinski definition) is 6. The van der Waals surface area contributed by atoms with Crippen LogP contribution in [-0.2, 0) is 24.8 Å². The van der Waals surface area contributed by atoms with Crippen LogP contribution < -0.4 is 10.1 Å². The lowest BCUT2D eigenvalue weighted by atomic mass is 9.91. The molecule has 3 rings (SSSR count). The Balaban J connectivity index is 1.55. The molecule has 1 aromatic heterocycles. The van der Waals surface area contributed by atoms with Crippen LogP contribution in [0.5, 0.6) is 5.75 Å². The van der Waals surface area contributed by atoms with E-state index in [1.165, 1.54) is 6.33 Å². The average molecular weight is 373 g/mol. The van der Waals surface area contributed by atoms with Gasteiger partial charge in [0.15, 0.2) is 5.60 Å². The number of nitrogens with zero attached hydrogens (tertiary/aromatic N) is 4. The summed E-state index contributed by atoms with van der Waals surface area (Å²) in [5.74, 6) is 1.41. The van der Waals surface area contributed by atoms with E-state index in [1.54, 1.807) is 16.7 Å². The highest BCUT2D eigenvalue weighted by Gasteiger charge is 2.41. The van der Waals surface area contributed by atoms with Crippen molar-refractivity contribution in [3.05, 3.63) is 42.0 Å². The van der Waals surface area contributed by atoms with Crippen molar-refractivity contribution in [2.24, 2.45) is 7.05 Å². The highest BCUT2D eigenvalue weighted by atomic mass is 16.5. The topological polar surface area (TPSA) is 92.5 Å². The van der Waals surface area contributed by atoms with Crippen molar-refractivity contribution in [1.29, 1.82) is 0 Å². The van der Waals surface area contributed by atoms with E-state index < -0.39 is 5.60 Å². The number of benzene rings is 1. The van der Waals surface area contributed by atoms with Crippen molar-refractivity contribution in [3.63, 3.8) is 0 Å². The quantitative estimate of drug-likeness (QED) is 0.655. The molecule has 8 nitrogen and oxygen atoms in total. The zero-order chi connectivity index (χ0) is 19.3. The second-order valence-electron chi connectivity index (χ2n) is 6.94. The number of ether oxygens (including phenoxy) is 1. The molecule has 146 valence electrons. The van der Waals surface area contributed by atoms with E-state index >= 15 is 0 Å². The van der Waals surface area contributed by atoms with Crippen molar-refractivity contribution in [2.45, 2.75) is 31.4 Å². The molecular weight excluding hydrogens is 346 g/mol. The minimum Gasteiger partial charge on any atom is -0.497 e. The summed E-state index contributed by atoms with van der Waals surface area (Å²) in [5.41, 5.74) is -0.376. The number of carbonyl (C=O) groups excluding carboxylic acids is 1. The molecule has 1 amide bonds. The van der Waals surface area contributed by atoms with Gasteiger partial charge in [0, 0.05) is 39.6 Å². The molecule has 2 aromatic rings. The summed E-state index contributed by atoms with van der Waals surface area (Å²) in [6.07, 6.45) is 3.45. The van der Waals surface area contributed by atoms with Gasteiger partial charge in [0.1, 0.15) is 17.9 Å². The molecule has 1 atom stereocenters. The van der Waals surface area contributed by atoms with Crippen LogP contribution in [0.2, 0.25) is 0 Å². The van der Waals surface area contributed by atoms with Crippen molar-refractivity contribution in [3.8, 4) is 5.75 Å². The molecule has 27 heavy (non-hydrogen) atoms. The molecule has 0 saturated carbocycles. The first kappa shape index (κ1) is 19.3. The van der Waals surface area contributed by atoms with Crippen LogP contribution in [0.4, 0.5) is 0 Å². The molecule has 0 bridgehead atoms. The Bertz CT molecular complexity index is 778. The molecule has 0 radical (unpaired) electrons. The largest absolute Gasteiger partial charge is 0.497 e. The molecule has 1 aliphatic rings. The maximum absolute atomic E-state index is 12.9. The number of piperidine rings is 1. The Morgan fingerprint density at radius 2 is 2.26 bits per heavy atom. The number of likely N-dealkylation sites (tertiary alicyclic amines) is 1. The van der Waals surface area contributed by atoms with Crippen LogP contribution in [0, 0.1) is 0 Å². The SMILES string of the molecule is COc1cccc(CN2CCCC(O)(CNCCc3ncnn3C)C2=O)c1. The van der Waals surface area contributed by atoms with Crippen LogP contribution in [0.25, 0.3) is 0 Å². The average Bonchev–Trinajstić information content (AvgIpc) is 3.08. The van der Waals surface area contributed by atoms with Gasteiger partial charge in [-0.3, -0.25) is 9.48 Å². The standard InChI is InChI=1S/C19H27N5O3/c1-23-17(21-14-22-23)7-9-20-13-19(26)8-4-10-24(18(19)25)12-15-5-3-6-16(11-15)27-2/h3,5-6,11,14,20,26H,4,7-10,12-13H2,1-2H3. The Kier molecular flexibility index (Phi) is 6.08. The molecule has 1 aliphatic heterocycles. The molecule has 2 N–H and O–H groups in total. The number of aliphatic hydroxyl groups is 1. The molecule has 2 heterocycles. The summed E-state index contributed by atoms with van der Waals surface area (Å²) < 4.78 is 6.96. The smallest absolute Gasteiger partial charge is 0.256 e. The van der Waals surface area contributed by atoms with Gasteiger partial charge in [-0.1, -0.05) is 12.1 Å². The van der Waals surface area contributed by atoms with Crippen molar-refractivity contribution < 1.29 is 14.6 Å². The normalized spacial score (nSPS) is 20.1. The molecule has 1 unspecified atom stereocenters. The summed E-state index contributed by atoms with van der Waals surface area (Å²) in [5, 5.41) is 18.1. The van der Waals surface area contributed by atoms with Gasteiger partial charge in [0.25, 0.3) is 5.91 Å². The Morgan fingerprint density at radius 3 is 3.00 bits per heavy atom.